The van der Waals surface area contributed by atoms with Crippen molar-refractivity contribution in [3.63, 3.8) is 0 Å². The van der Waals surface area contributed by atoms with Crippen LogP contribution >= 0.6 is 0 Å². The maximum Gasteiger partial charge on any atom is 0.320 e. The Hall–Kier alpha value is -1.49. The molecule has 5 heteroatoms. The van der Waals surface area contributed by atoms with Crippen molar-refractivity contribution in [2.24, 2.45) is 0 Å². The lowest BCUT2D eigenvalue weighted by atomic mass is 10.1. The SMILES string of the molecule is CC(C)OC(=O)CN(C)C(C)c1ccc(F)c(F)c1. The minimum Gasteiger partial charge on any atom is -0.462 e. The molecule has 19 heavy (non-hydrogen) atoms. The lowest BCUT2D eigenvalue weighted by molar-refractivity contribution is -0.148. The summed E-state index contributed by atoms with van der Waals surface area (Å²) in [5.74, 6) is -2.10. The number of hydrogen-bond donors (Lipinski definition) is 0. The van der Waals surface area contributed by atoms with Crippen LogP contribution in [0.25, 0.3) is 0 Å². The Morgan fingerprint density at radius 2 is 1.89 bits per heavy atom. The smallest absolute Gasteiger partial charge is 0.320 e. The lowest BCUT2D eigenvalue weighted by Crippen LogP contribution is -2.31. The Bertz CT molecular complexity index is 449. The second-order valence-electron chi connectivity index (χ2n) is 4.80. The van der Waals surface area contributed by atoms with Gasteiger partial charge < -0.3 is 4.74 Å². The van der Waals surface area contributed by atoms with Crippen molar-refractivity contribution in [2.45, 2.75) is 32.9 Å². The molecule has 1 aromatic rings. The number of ether oxygens (including phenoxy) is 1. The molecule has 1 aromatic carbocycles. The molecule has 0 fully saturated rings. The first-order chi connectivity index (χ1) is 8.81. The number of esters is 1. The van der Waals surface area contributed by atoms with Gasteiger partial charge in [-0.05, 0) is 45.5 Å². The molecule has 0 N–H and O–H groups in total. The number of rotatable bonds is 5. The quantitative estimate of drug-likeness (QED) is 0.771. The molecule has 1 unspecified atom stereocenters. The summed E-state index contributed by atoms with van der Waals surface area (Å²) >= 11 is 0. The summed E-state index contributed by atoms with van der Waals surface area (Å²) in [5, 5.41) is 0. The molecular formula is C14H19F2NO2. The summed E-state index contributed by atoms with van der Waals surface area (Å²) in [6, 6.07) is 3.52. The summed E-state index contributed by atoms with van der Waals surface area (Å²) in [6.07, 6.45) is -0.167. The minimum absolute atomic E-state index is 0.0956. The number of halogens is 2. The zero-order valence-corrected chi connectivity index (χ0v) is 11.6. The Morgan fingerprint density at radius 1 is 1.26 bits per heavy atom. The second kappa shape index (κ2) is 6.61. The first kappa shape index (κ1) is 15.6. The highest BCUT2D eigenvalue weighted by atomic mass is 19.2. The molecule has 0 saturated carbocycles. The van der Waals surface area contributed by atoms with Gasteiger partial charge in [0.05, 0.1) is 12.6 Å². The molecular weight excluding hydrogens is 252 g/mol. The van der Waals surface area contributed by atoms with E-state index in [-0.39, 0.29) is 24.7 Å². The zero-order chi connectivity index (χ0) is 14.6. The van der Waals surface area contributed by atoms with Gasteiger partial charge in [-0.15, -0.1) is 0 Å². The van der Waals surface area contributed by atoms with E-state index in [1.165, 1.54) is 6.07 Å². The van der Waals surface area contributed by atoms with Crippen LogP contribution in [0.1, 0.15) is 32.4 Å². The van der Waals surface area contributed by atoms with Gasteiger partial charge in [0.25, 0.3) is 0 Å². The third-order valence-corrected chi connectivity index (χ3v) is 2.83. The molecule has 106 valence electrons. The fourth-order valence-electron chi connectivity index (χ4n) is 1.67. The molecule has 0 heterocycles. The van der Waals surface area contributed by atoms with Crippen molar-refractivity contribution in [1.82, 2.24) is 4.90 Å². The minimum atomic E-state index is -0.887. The largest absolute Gasteiger partial charge is 0.462 e. The van der Waals surface area contributed by atoms with Gasteiger partial charge in [-0.25, -0.2) is 8.78 Å². The summed E-state index contributed by atoms with van der Waals surface area (Å²) < 4.78 is 31.0. The summed E-state index contributed by atoms with van der Waals surface area (Å²) in [6.45, 7) is 5.46. The van der Waals surface area contributed by atoms with Crippen molar-refractivity contribution in [1.29, 1.82) is 0 Å². The Labute approximate surface area is 112 Å². The molecule has 1 rings (SSSR count). The number of carbonyl (C=O) groups is 1. The van der Waals surface area contributed by atoms with Gasteiger partial charge in [0.15, 0.2) is 11.6 Å². The maximum atomic E-state index is 13.2. The molecule has 0 saturated heterocycles. The van der Waals surface area contributed by atoms with Gasteiger partial charge >= 0.3 is 5.97 Å². The third kappa shape index (κ3) is 4.59. The topological polar surface area (TPSA) is 29.5 Å². The van der Waals surface area contributed by atoms with Crippen LogP contribution in [0.3, 0.4) is 0 Å². The maximum absolute atomic E-state index is 13.2. The van der Waals surface area contributed by atoms with Crippen LogP contribution < -0.4 is 0 Å². The van der Waals surface area contributed by atoms with E-state index in [0.717, 1.165) is 12.1 Å². The van der Waals surface area contributed by atoms with E-state index in [0.29, 0.717) is 5.56 Å². The summed E-state index contributed by atoms with van der Waals surface area (Å²) in [7, 11) is 1.73. The number of likely N-dealkylation sites (N-methyl/N-ethyl adjacent to an activating group) is 1. The molecule has 0 radical (unpaired) electrons. The van der Waals surface area contributed by atoms with E-state index in [1.807, 2.05) is 6.92 Å². The van der Waals surface area contributed by atoms with E-state index in [4.69, 9.17) is 4.74 Å². The van der Waals surface area contributed by atoms with Crippen LogP contribution in [-0.2, 0) is 9.53 Å². The van der Waals surface area contributed by atoms with Crippen LogP contribution in [-0.4, -0.2) is 30.6 Å². The van der Waals surface area contributed by atoms with Gasteiger partial charge in [0, 0.05) is 6.04 Å². The molecule has 1 atom stereocenters. The van der Waals surface area contributed by atoms with Crippen LogP contribution in [0.5, 0.6) is 0 Å². The fourth-order valence-corrected chi connectivity index (χ4v) is 1.67. The van der Waals surface area contributed by atoms with Crippen LogP contribution in [0.15, 0.2) is 18.2 Å². The molecule has 0 spiro atoms. The van der Waals surface area contributed by atoms with E-state index in [9.17, 15) is 13.6 Å². The highest BCUT2D eigenvalue weighted by Crippen LogP contribution is 2.20. The van der Waals surface area contributed by atoms with Crippen molar-refractivity contribution in [3.05, 3.63) is 35.4 Å². The highest BCUT2D eigenvalue weighted by molar-refractivity contribution is 5.71. The van der Waals surface area contributed by atoms with E-state index >= 15 is 0 Å². The monoisotopic (exact) mass is 271 g/mol. The van der Waals surface area contributed by atoms with Gasteiger partial charge in [-0.3, -0.25) is 9.69 Å². The van der Waals surface area contributed by atoms with Crippen LogP contribution in [0, 0.1) is 11.6 Å². The molecule has 0 amide bonds. The molecule has 0 aliphatic heterocycles. The van der Waals surface area contributed by atoms with Crippen LogP contribution in [0.4, 0.5) is 8.78 Å². The Kier molecular flexibility index (Phi) is 5.42. The second-order valence-corrected chi connectivity index (χ2v) is 4.80. The van der Waals surface area contributed by atoms with Gasteiger partial charge in [-0.1, -0.05) is 6.07 Å². The predicted molar refractivity (Wildman–Crippen MR) is 68.6 cm³/mol. The van der Waals surface area contributed by atoms with Crippen molar-refractivity contribution in [2.75, 3.05) is 13.6 Å². The zero-order valence-electron chi connectivity index (χ0n) is 11.6. The average Bonchev–Trinajstić information content (AvgIpc) is 2.30. The first-order valence-electron chi connectivity index (χ1n) is 6.16. The molecule has 0 aliphatic rings. The molecule has 0 bridgehead atoms. The summed E-state index contributed by atoms with van der Waals surface area (Å²) in [4.78, 5) is 13.2. The summed E-state index contributed by atoms with van der Waals surface area (Å²) in [5.41, 5.74) is 0.610. The predicted octanol–water partition coefficient (Wildman–Crippen LogP) is 2.91. The first-order valence-corrected chi connectivity index (χ1v) is 6.16. The number of hydrogen-bond acceptors (Lipinski definition) is 3. The molecule has 0 aromatic heterocycles. The van der Waals surface area contributed by atoms with E-state index in [2.05, 4.69) is 0 Å². The highest BCUT2D eigenvalue weighted by Gasteiger charge is 2.17. The lowest BCUT2D eigenvalue weighted by Gasteiger charge is -2.24. The number of benzene rings is 1. The van der Waals surface area contributed by atoms with Gasteiger partial charge in [-0.2, -0.15) is 0 Å². The fraction of sp³-hybridized carbons (Fsp3) is 0.500. The number of carbonyl (C=O) groups excluding carboxylic acids is 1. The van der Waals surface area contributed by atoms with Crippen LogP contribution in [0.2, 0.25) is 0 Å². The van der Waals surface area contributed by atoms with Gasteiger partial charge in [0.1, 0.15) is 0 Å². The standard InChI is InChI=1S/C14H19F2NO2/c1-9(2)19-14(18)8-17(4)10(3)11-5-6-12(15)13(16)7-11/h5-7,9-10H,8H2,1-4H3. The molecule has 3 nitrogen and oxygen atoms in total. The van der Waals surface area contributed by atoms with E-state index in [1.54, 1.807) is 25.8 Å². The van der Waals surface area contributed by atoms with Crippen molar-refractivity contribution >= 4 is 5.97 Å². The van der Waals surface area contributed by atoms with Crippen molar-refractivity contribution < 1.29 is 18.3 Å². The van der Waals surface area contributed by atoms with E-state index < -0.39 is 11.6 Å². The Balaban J connectivity index is 2.68. The normalized spacial score (nSPS) is 12.8. The average molecular weight is 271 g/mol. The Morgan fingerprint density at radius 3 is 2.42 bits per heavy atom. The third-order valence-electron chi connectivity index (χ3n) is 2.83. The number of nitrogens with zero attached hydrogens (tertiary/aromatic N) is 1. The van der Waals surface area contributed by atoms with Crippen molar-refractivity contribution in [3.8, 4) is 0 Å². The van der Waals surface area contributed by atoms with Gasteiger partial charge in [0.2, 0.25) is 0 Å². The molecule has 0 aliphatic carbocycles.